The molecular formula is C16H19ClN2OS. The van der Waals surface area contributed by atoms with Crippen molar-refractivity contribution in [2.24, 2.45) is 5.92 Å². The van der Waals surface area contributed by atoms with Gasteiger partial charge in [0.2, 0.25) is 0 Å². The molecule has 2 unspecified atom stereocenters. The Balaban J connectivity index is 1.74. The summed E-state index contributed by atoms with van der Waals surface area (Å²) < 4.78 is 0. The van der Waals surface area contributed by atoms with Crippen molar-refractivity contribution >= 4 is 28.1 Å². The first-order valence-corrected chi connectivity index (χ1v) is 8.50. The van der Waals surface area contributed by atoms with Crippen LogP contribution in [-0.2, 0) is 0 Å². The van der Waals surface area contributed by atoms with E-state index < -0.39 is 0 Å². The summed E-state index contributed by atoms with van der Waals surface area (Å²) in [4.78, 5) is 6.83. The topological polar surface area (TPSA) is 36.4 Å². The molecule has 5 heteroatoms. The Labute approximate surface area is 134 Å². The molecule has 1 aromatic carbocycles. The van der Waals surface area contributed by atoms with E-state index in [1.54, 1.807) is 11.3 Å². The number of hydrogen-bond acceptors (Lipinski definition) is 4. The van der Waals surface area contributed by atoms with E-state index >= 15 is 0 Å². The highest BCUT2D eigenvalue weighted by molar-refractivity contribution is 7.14. The summed E-state index contributed by atoms with van der Waals surface area (Å²) in [6, 6.07) is 7.77. The second-order valence-electron chi connectivity index (χ2n) is 5.63. The van der Waals surface area contributed by atoms with Crippen molar-refractivity contribution in [1.82, 2.24) is 4.98 Å². The van der Waals surface area contributed by atoms with E-state index in [0.717, 1.165) is 47.2 Å². The van der Waals surface area contributed by atoms with Gasteiger partial charge in [0.1, 0.15) is 0 Å². The summed E-state index contributed by atoms with van der Waals surface area (Å²) >= 11 is 7.84. The maximum atomic E-state index is 9.94. The minimum Gasteiger partial charge on any atom is -0.393 e. The van der Waals surface area contributed by atoms with Crippen molar-refractivity contribution in [2.75, 3.05) is 18.5 Å². The van der Waals surface area contributed by atoms with Gasteiger partial charge in [0.25, 0.3) is 0 Å². The molecule has 1 aliphatic rings. The molecule has 2 atom stereocenters. The monoisotopic (exact) mass is 322 g/mol. The third-order valence-electron chi connectivity index (χ3n) is 4.10. The lowest BCUT2D eigenvalue weighted by Crippen LogP contribution is -2.29. The van der Waals surface area contributed by atoms with Gasteiger partial charge in [0.05, 0.1) is 11.8 Å². The normalized spacial score (nSPS) is 21.7. The smallest absolute Gasteiger partial charge is 0.185 e. The lowest BCUT2D eigenvalue weighted by Gasteiger charge is -2.22. The number of nitrogens with zero attached hydrogens (tertiary/aromatic N) is 2. The molecule has 1 saturated carbocycles. The zero-order chi connectivity index (χ0) is 14.8. The van der Waals surface area contributed by atoms with Gasteiger partial charge in [0, 0.05) is 35.5 Å². The van der Waals surface area contributed by atoms with E-state index in [0.29, 0.717) is 5.92 Å². The highest BCUT2D eigenvalue weighted by Gasteiger charge is 2.26. The molecule has 3 rings (SSSR count). The van der Waals surface area contributed by atoms with Crippen LogP contribution in [0.2, 0.25) is 5.02 Å². The fourth-order valence-electron chi connectivity index (χ4n) is 2.89. The summed E-state index contributed by atoms with van der Waals surface area (Å²) in [5.74, 6) is 0.364. The van der Waals surface area contributed by atoms with E-state index in [9.17, 15) is 5.11 Å². The van der Waals surface area contributed by atoms with Crippen LogP contribution in [0, 0.1) is 5.92 Å². The number of benzene rings is 1. The first kappa shape index (κ1) is 14.8. The molecule has 1 heterocycles. The van der Waals surface area contributed by atoms with Crippen LogP contribution in [0.4, 0.5) is 5.13 Å². The summed E-state index contributed by atoms with van der Waals surface area (Å²) in [7, 11) is 2.04. The van der Waals surface area contributed by atoms with Crippen molar-refractivity contribution in [1.29, 1.82) is 0 Å². The zero-order valence-corrected chi connectivity index (χ0v) is 13.6. The van der Waals surface area contributed by atoms with Crippen molar-refractivity contribution < 1.29 is 5.11 Å². The van der Waals surface area contributed by atoms with Gasteiger partial charge in [-0.1, -0.05) is 36.2 Å². The Morgan fingerprint density at radius 2 is 2.19 bits per heavy atom. The predicted octanol–water partition coefficient (Wildman–Crippen LogP) is 4.06. The first-order chi connectivity index (χ1) is 10.1. The van der Waals surface area contributed by atoms with Crippen molar-refractivity contribution in [3.63, 3.8) is 0 Å². The minimum absolute atomic E-state index is 0.157. The lowest BCUT2D eigenvalue weighted by molar-refractivity contribution is 0.136. The van der Waals surface area contributed by atoms with Crippen LogP contribution in [0.5, 0.6) is 0 Å². The average Bonchev–Trinajstić information content (AvgIpc) is 3.09. The molecule has 1 N–H and O–H groups in total. The molecule has 0 spiro atoms. The Morgan fingerprint density at radius 1 is 1.38 bits per heavy atom. The average molecular weight is 323 g/mol. The number of rotatable bonds is 4. The maximum Gasteiger partial charge on any atom is 0.185 e. The van der Waals surface area contributed by atoms with Crippen molar-refractivity contribution in [3.8, 4) is 11.3 Å². The number of aliphatic hydroxyl groups excluding tert-OH is 1. The Bertz CT molecular complexity index is 616. The Kier molecular flexibility index (Phi) is 4.48. The van der Waals surface area contributed by atoms with E-state index in [-0.39, 0.29) is 6.10 Å². The molecule has 3 nitrogen and oxygen atoms in total. The standard InChI is InChI=1S/C16H19ClN2OS/c1-19(9-11-5-4-8-15(11)20)16-18-14(10-21-16)12-6-2-3-7-13(12)17/h2-3,6-7,10-11,15,20H,4-5,8-9H2,1H3. The van der Waals surface area contributed by atoms with E-state index in [4.69, 9.17) is 11.6 Å². The van der Waals surface area contributed by atoms with Crippen LogP contribution in [0.15, 0.2) is 29.6 Å². The van der Waals surface area contributed by atoms with Gasteiger partial charge in [-0.15, -0.1) is 11.3 Å². The van der Waals surface area contributed by atoms with Crippen LogP contribution in [-0.4, -0.2) is 29.8 Å². The number of halogens is 1. The molecule has 0 aliphatic heterocycles. The molecule has 0 bridgehead atoms. The molecule has 0 radical (unpaired) electrons. The highest BCUT2D eigenvalue weighted by atomic mass is 35.5. The van der Waals surface area contributed by atoms with Crippen LogP contribution in [0.3, 0.4) is 0 Å². The largest absolute Gasteiger partial charge is 0.393 e. The molecule has 1 aliphatic carbocycles. The molecular weight excluding hydrogens is 304 g/mol. The summed E-state index contributed by atoms with van der Waals surface area (Å²) in [5, 5.41) is 13.7. The van der Waals surface area contributed by atoms with Crippen LogP contribution in [0.1, 0.15) is 19.3 Å². The van der Waals surface area contributed by atoms with Gasteiger partial charge in [-0.3, -0.25) is 0 Å². The number of aromatic nitrogens is 1. The SMILES string of the molecule is CN(CC1CCCC1O)c1nc(-c2ccccc2Cl)cs1. The van der Waals surface area contributed by atoms with Crippen LogP contribution >= 0.6 is 22.9 Å². The third kappa shape index (κ3) is 3.23. The molecule has 2 aromatic rings. The summed E-state index contributed by atoms with van der Waals surface area (Å²) in [5.41, 5.74) is 1.88. The van der Waals surface area contributed by atoms with Crippen molar-refractivity contribution in [2.45, 2.75) is 25.4 Å². The van der Waals surface area contributed by atoms with Crippen LogP contribution in [0.25, 0.3) is 11.3 Å². The predicted molar refractivity (Wildman–Crippen MR) is 89.2 cm³/mol. The molecule has 112 valence electrons. The van der Waals surface area contributed by atoms with Gasteiger partial charge in [-0.2, -0.15) is 0 Å². The van der Waals surface area contributed by atoms with Crippen molar-refractivity contribution in [3.05, 3.63) is 34.7 Å². The Hall–Kier alpha value is -1.10. The molecule has 21 heavy (non-hydrogen) atoms. The maximum absolute atomic E-state index is 9.94. The first-order valence-electron chi connectivity index (χ1n) is 7.25. The van der Waals surface area contributed by atoms with E-state index in [1.165, 1.54) is 0 Å². The second-order valence-corrected chi connectivity index (χ2v) is 6.88. The zero-order valence-electron chi connectivity index (χ0n) is 12.0. The number of anilines is 1. The number of aliphatic hydroxyl groups is 1. The fourth-order valence-corrected chi connectivity index (χ4v) is 3.93. The summed E-state index contributed by atoms with van der Waals surface area (Å²) in [6.45, 7) is 0.858. The van der Waals surface area contributed by atoms with E-state index in [2.05, 4.69) is 9.88 Å². The fraction of sp³-hybridized carbons (Fsp3) is 0.438. The third-order valence-corrected chi connectivity index (χ3v) is 5.38. The number of thiazole rings is 1. The molecule has 1 aromatic heterocycles. The van der Waals surface area contributed by atoms with Gasteiger partial charge in [0.15, 0.2) is 5.13 Å². The second kappa shape index (κ2) is 6.34. The van der Waals surface area contributed by atoms with Gasteiger partial charge in [-0.25, -0.2) is 4.98 Å². The molecule has 1 fully saturated rings. The number of hydrogen-bond donors (Lipinski definition) is 1. The van der Waals surface area contributed by atoms with Gasteiger partial charge < -0.3 is 10.0 Å². The van der Waals surface area contributed by atoms with Gasteiger partial charge >= 0.3 is 0 Å². The quantitative estimate of drug-likeness (QED) is 0.922. The van der Waals surface area contributed by atoms with E-state index in [1.807, 2.05) is 36.7 Å². The molecule has 0 saturated heterocycles. The summed E-state index contributed by atoms with van der Waals surface area (Å²) in [6.07, 6.45) is 3.01. The van der Waals surface area contributed by atoms with Gasteiger partial charge in [-0.05, 0) is 18.9 Å². The minimum atomic E-state index is -0.157. The highest BCUT2D eigenvalue weighted by Crippen LogP contribution is 2.33. The molecule has 0 amide bonds. The Morgan fingerprint density at radius 3 is 2.90 bits per heavy atom. The van der Waals surface area contributed by atoms with Crippen LogP contribution < -0.4 is 4.90 Å². The lowest BCUT2D eigenvalue weighted by atomic mass is 10.1.